The Bertz CT molecular complexity index is 1430. The van der Waals surface area contributed by atoms with Crippen molar-refractivity contribution < 1.29 is 27.5 Å². The van der Waals surface area contributed by atoms with Crippen molar-refractivity contribution >= 4 is 29.3 Å². The molecule has 0 aliphatic heterocycles. The summed E-state index contributed by atoms with van der Waals surface area (Å²) in [5, 5.41) is 13.8. The molecule has 0 bridgehead atoms. The monoisotopic (exact) mass is 555 g/mol. The Balaban J connectivity index is 1.53. The molecule has 2 N–H and O–H groups in total. The first kappa shape index (κ1) is 27.7. The molecule has 1 aromatic heterocycles. The number of hydrogen-bond acceptors (Lipinski definition) is 6. The minimum atomic E-state index is -4.56. The van der Waals surface area contributed by atoms with Gasteiger partial charge in [0.2, 0.25) is 5.91 Å². The molecule has 4 rings (SSSR count). The highest BCUT2D eigenvalue weighted by atomic mass is 32.2. The van der Waals surface area contributed by atoms with Gasteiger partial charge in [0.05, 0.1) is 30.2 Å². The van der Waals surface area contributed by atoms with Crippen molar-refractivity contribution in [3.8, 4) is 11.4 Å². The Morgan fingerprint density at radius 3 is 2.41 bits per heavy atom. The van der Waals surface area contributed by atoms with Gasteiger partial charge in [0.15, 0.2) is 11.0 Å². The van der Waals surface area contributed by atoms with E-state index in [1.54, 1.807) is 54.6 Å². The van der Waals surface area contributed by atoms with Crippen molar-refractivity contribution in [1.82, 2.24) is 20.1 Å². The van der Waals surface area contributed by atoms with E-state index in [1.165, 1.54) is 16.7 Å². The van der Waals surface area contributed by atoms with E-state index in [0.717, 1.165) is 23.9 Å². The lowest BCUT2D eigenvalue weighted by Gasteiger charge is -2.13. The van der Waals surface area contributed by atoms with Crippen molar-refractivity contribution in [1.29, 1.82) is 0 Å². The van der Waals surface area contributed by atoms with Gasteiger partial charge in [-0.25, -0.2) is 0 Å². The summed E-state index contributed by atoms with van der Waals surface area (Å²) in [6.45, 7) is 2.29. The fraction of sp³-hybridized carbons (Fsp3) is 0.185. The van der Waals surface area contributed by atoms with Crippen LogP contribution in [0.25, 0.3) is 5.69 Å². The van der Waals surface area contributed by atoms with Crippen LogP contribution >= 0.6 is 11.8 Å². The van der Waals surface area contributed by atoms with Crippen LogP contribution in [0.2, 0.25) is 0 Å². The minimum absolute atomic E-state index is 0.0827. The van der Waals surface area contributed by atoms with Crippen LogP contribution < -0.4 is 15.4 Å². The zero-order valence-electron chi connectivity index (χ0n) is 20.7. The predicted molar refractivity (Wildman–Crippen MR) is 141 cm³/mol. The van der Waals surface area contributed by atoms with Crippen molar-refractivity contribution in [3.05, 3.63) is 95.8 Å². The molecule has 2 amide bonds. The highest BCUT2D eigenvalue weighted by Gasteiger charge is 2.31. The maximum absolute atomic E-state index is 13.4. The highest BCUT2D eigenvalue weighted by molar-refractivity contribution is 7.99. The van der Waals surface area contributed by atoms with Crippen LogP contribution in [-0.2, 0) is 17.5 Å². The standard InChI is InChI=1S/C27H24F3N5O3S/c1-2-38-22-13-11-20(12-14-22)32-24(36)17-39-26-34-33-23(16-31-25(37)18-7-4-3-5-8-18)35(26)21-10-6-9-19(15-21)27(28,29)30/h3-15H,2,16-17H2,1H3,(H,31,37)(H,32,36). The quantitative estimate of drug-likeness (QED) is 0.256. The van der Waals surface area contributed by atoms with E-state index in [4.69, 9.17) is 4.74 Å². The topological polar surface area (TPSA) is 98.1 Å². The summed E-state index contributed by atoms with van der Waals surface area (Å²) < 4.78 is 47.0. The summed E-state index contributed by atoms with van der Waals surface area (Å²) in [6.07, 6.45) is -4.56. The van der Waals surface area contributed by atoms with Crippen molar-refractivity contribution in [2.24, 2.45) is 0 Å². The number of carbonyl (C=O) groups excluding carboxylic acids is 2. The van der Waals surface area contributed by atoms with Crippen molar-refractivity contribution in [2.45, 2.75) is 24.8 Å². The zero-order chi connectivity index (χ0) is 27.8. The van der Waals surface area contributed by atoms with Gasteiger partial charge in [-0.3, -0.25) is 14.2 Å². The van der Waals surface area contributed by atoms with Gasteiger partial charge >= 0.3 is 6.18 Å². The van der Waals surface area contributed by atoms with E-state index < -0.39 is 11.7 Å². The molecule has 0 unspecified atom stereocenters. The normalized spacial score (nSPS) is 11.2. The largest absolute Gasteiger partial charge is 0.494 e. The first-order valence-electron chi connectivity index (χ1n) is 11.9. The Morgan fingerprint density at radius 2 is 1.72 bits per heavy atom. The van der Waals surface area contributed by atoms with E-state index in [2.05, 4.69) is 20.8 Å². The van der Waals surface area contributed by atoms with Crippen molar-refractivity contribution in [2.75, 3.05) is 17.7 Å². The molecular formula is C27H24F3N5O3S. The zero-order valence-corrected chi connectivity index (χ0v) is 21.6. The Labute approximate surface area is 226 Å². The number of aromatic nitrogens is 3. The van der Waals surface area contributed by atoms with Crippen LogP contribution in [0.15, 0.2) is 84.0 Å². The molecule has 12 heteroatoms. The molecule has 0 atom stereocenters. The summed E-state index contributed by atoms with van der Waals surface area (Å²) in [5.41, 5.74) is 0.279. The average molecular weight is 556 g/mol. The van der Waals surface area contributed by atoms with Crippen LogP contribution in [0, 0.1) is 0 Å². The number of amides is 2. The first-order chi connectivity index (χ1) is 18.7. The number of nitrogens with one attached hydrogen (secondary N) is 2. The molecule has 0 radical (unpaired) electrons. The van der Waals surface area contributed by atoms with Crippen LogP contribution in [0.4, 0.5) is 18.9 Å². The number of alkyl halides is 3. The Morgan fingerprint density at radius 1 is 0.974 bits per heavy atom. The van der Waals surface area contributed by atoms with E-state index >= 15 is 0 Å². The number of hydrogen-bond donors (Lipinski definition) is 2. The maximum atomic E-state index is 13.4. The third-order valence-corrected chi connectivity index (χ3v) is 6.29. The molecule has 0 aliphatic carbocycles. The molecule has 0 spiro atoms. The fourth-order valence-electron chi connectivity index (χ4n) is 3.57. The number of anilines is 1. The Kier molecular flexibility index (Phi) is 8.87. The van der Waals surface area contributed by atoms with Gasteiger partial charge < -0.3 is 15.4 Å². The van der Waals surface area contributed by atoms with Gasteiger partial charge in [-0.15, -0.1) is 10.2 Å². The summed E-state index contributed by atoms with van der Waals surface area (Å²) in [7, 11) is 0. The van der Waals surface area contributed by atoms with E-state index in [0.29, 0.717) is 23.6 Å². The number of nitrogens with zero attached hydrogens (tertiary/aromatic N) is 3. The number of thioether (sulfide) groups is 1. The lowest BCUT2D eigenvalue weighted by Crippen LogP contribution is -2.24. The molecule has 39 heavy (non-hydrogen) atoms. The van der Waals surface area contributed by atoms with Gasteiger partial charge in [0, 0.05) is 11.3 Å². The number of ether oxygens (including phenoxy) is 1. The molecule has 3 aromatic carbocycles. The smallest absolute Gasteiger partial charge is 0.416 e. The van der Waals surface area contributed by atoms with Gasteiger partial charge in [-0.1, -0.05) is 36.0 Å². The third kappa shape index (κ3) is 7.38. The second-order valence-corrected chi connectivity index (χ2v) is 9.07. The number of carbonyl (C=O) groups is 2. The molecule has 8 nitrogen and oxygen atoms in total. The molecule has 1 heterocycles. The third-order valence-electron chi connectivity index (χ3n) is 5.36. The van der Waals surface area contributed by atoms with Crippen LogP contribution in [0.1, 0.15) is 28.7 Å². The molecule has 0 aliphatic rings. The Hall–Kier alpha value is -4.32. The van der Waals surface area contributed by atoms with E-state index in [-0.39, 0.29) is 40.8 Å². The summed E-state index contributed by atoms with van der Waals surface area (Å²) in [5.74, 6) is 0.0690. The fourth-order valence-corrected chi connectivity index (χ4v) is 4.34. The molecule has 0 saturated carbocycles. The molecule has 4 aromatic rings. The second kappa shape index (κ2) is 12.5. The molecular weight excluding hydrogens is 531 g/mol. The molecule has 202 valence electrons. The van der Waals surface area contributed by atoms with E-state index in [1.807, 2.05) is 6.92 Å². The minimum Gasteiger partial charge on any atom is -0.494 e. The number of halogens is 3. The first-order valence-corrected chi connectivity index (χ1v) is 12.8. The predicted octanol–water partition coefficient (Wildman–Crippen LogP) is 5.35. The lowest BCUT2D eigenvalue weighted by molar-refractivity contribution is -0.137. The molecule has 0 saturated heterocycles. The van der Waals surface area contributed by atoms with Crippen molar-refractivity contribution in [3.63, 3.8) is 0 Å². The number of rotatable bonds is 10. The average Bonchev–Trinajstić information content (AvgIpc) is 3.34. The van der Waals surface area contributed by atoms with E-state index in [9.17, 15) is 22.8 Å². The second-order valence-electron chi connectivity index (χ2n) is 8.13. The van der Waals surface area contributed by atoms with Crippen LogP contribution in [0.3, 0.4) is 0 Å². The van der Waals surface area contributed by atoms with Gasteiger partial charge in [0.25, 0.3) is 5.91 Å². The highest BCUT2D eigenvalue weighted by Crippen LogP contribution is 2.32. The van der Waals surface area contributed by atoms with Gasteiger partial charge in [-0.05, 0) is 61.5 Å². The van der Waals surface area contributed by atoms with Gasteiger partial charge in [-0.2, -0.15) is 13.2 Å². The summed E-state index contributed by atoms with van der Waals surface area (Å²) in [6, 6.07) is 20.0. The van der Waals surface area contributed by atoms with Crippen LogP contribution in [-0.4, -0.2) is 38.9 Å². The SMILES string of the molecule is CCOc1ccc(NC(=O)CSc2nnc(CNC(=O)c3ccccc3)n2-c2cccc(C(F)(F)F)c2)cc1. The summed E-state index contributed by atoms with van der Waals surface area (Å²) in [4.78, 5) is 25.1. The summed E-state index contributed by atoms with van der Waals surface area (Å²) >= 11 is 1.00. The molecule has 0 fully saturated rings. The van der Waals surface area contributed by atoms with Crippen LogP contribution in [0.5, 0.6) is 5.75 Å². The lowest BCUT2D eigenvalue weighted by atomic mass is 10.2. The maximum Gasteiger partial charge on any atom is 0.416 e. The number of benzene rings is 3. The van der Waals surface area contributed by atoms with Gasteiger partial charge in [0.1, 0.15) is 5.75 Å².